The molecule has 56 valence electrons. The van der Waals surface area contributed by atoms with Crippen LogP contribution in [0.25, 0.3) is 0 Å². The third-order valence-corrected chi connectivity index (χ3v) is 0. The van der Waals surface area contributed by atoms with E-state index in [0.717, 1.165) is 0 Å². The van der Waals surface area contributed by atoms with Gasteiger partial charge in [0.05, 0.1) is 0 Å². The Balaban J connectivity index is -0.0000000300. The van der Waals surface area contributed by atoms with E-state index in [1.807, 2.05) is 0 Å². The first-order valence-electron chi connectivity index (χ1n) is 1.13. The molecule has 0 unspecified atom stereocenters. The van der Waals surface area contributed by atoms with Crippen LogP contribution in [0.2, 0.25) is 0 Å². The quantitative estimate of drug-likeness (QED) is 0.308. The van der Waals surface area contributed by atoms with E-state index in [-0.39, 0.29) is 33.1 Å². The van der Waals surface area contributed by atoms with E-state index in [1.165, 1.54) is 0 Å². The van der Waals surface area contributed by atoms with Crippen LogP contribution in [0.3, 0.4) is 0 Å². The molecule has 0 heterocycles. The molecule has 0 aromatic rings. The van der Waals surface area contributed by atoms with Gasteiger partial charge in [-0.3, -0.25) is 0 Å². The Bertz CT molecular complexity index is 69.6. The maximum Gasteiger partial charge on any atom is 2.00 e. The standard InChI is InChI=1S/Hg.2HNO3.H2O/c;2*2-1(3)4;/h;2*(H,2,3,4);1H2/q+2;;;. The third kappa shape index (κ3) is 582. The molecule has 10 heavy (non-hydrogen) atoms. The van der Waals surface area contributed by atoms with Gasteiger partial charge in [-0.05, 0) is 0 Å². The fourth-order valence-corrected chi connectivity index (χ4v) is 0. The van der Waals surface area contributed by atoms with Gasteiger partial charge in [0.25, 0.3) is 10.2 Å². The fourth-order valence-electron chi connectivity index (χ4n) is 0. The van der Waals surface area contributed by atoms with E-state index < -0.39 is 10.2 Å². The molecule has 10 heteroatoms. The van der Waals surface area contributed by atoms with Crippen LogP contribution in [0.5, 0.6) is 0 Å². The summed E-state index contributed by atoms with van der Waals surface area (Å²) in [5, 5.41) is 27.3. The normalized spacial score (nSPS) is 4.80. The first-order chi connectivity index (χ1) is 3.46. The zero-order valence-electron chi connectivity index (χ0n) is 4.63. The fraction of sp³-hybridized carbons (Fsp3) is 0. The van der Waals surface area contributed by atoms with Crippen LogP contribution in [0.15, 0.2) is 0 Å². The van der Waals surface area contributed by atoms with Gasteiger partial charge >= 0.3 is 27.7 Å². The van der Waals surface area contributed by atoms with Gasteiger partial charge in [-0.1, -0.05) is 0 Å². The van der Waals surface area contributed by atoms with Crippen molar-refractivity contribution in [3.05, 3.63) is 20.2 Å². The number of hydrogen-bond donors (Lipinski definition) is 2. The second-order valence-corrected chi connectivity index (χ2v) is 0.476. The second-order valence-electron chi connectivity index (χ2n) is 0.476. The van der Waals surface area contributed by atoms with Crippen LogP contribution >= 0.6 is 0 Å². The molecule has 0 atom stereocenters. The van der Waals surface area contributed by atoms with Crippen molar-refractivity contribution in [1.29, 1.82) is 0 Å². The van der Waals surface area contributed by atoms with Gasteiger partial charge in [-0.2, -0.15) is 0 Å². The van der Waals surface area contributed by atoms with Crippen LogP contribution in [0, 0.1) is 20.2 Å². The largest absolute Gasteiger partial charge is 2.00 e. The van der Waals surface area contributed by atoms with Crippen LogP contribution < -0.4 is 0 Å². The molecule has 9 nitrogen and oxygen atoms in total. The summed E-state index contributed by atoms with van der Waals surface area (Å²) in [6.45, 7) is 0. The van der Waals surface area contributed by atoms with Gasteiger partial charge in [0.15, 0.2) is 0 Å². The van der Waals surface area contributed by atoms with Gasteiger partial charge in [0, 0.05) is 0 Å². The van der Waals surface area contributed by atoms with Gasteiger partial charge in [0.2, 0.25) is 0 Å². The monoisotopic (exact) mass is 346 g/mol. The molecule has 0 amide bonds. The molecule has 0 saturated heterocycles. The van der Waals surface area contributed by atoms with Crippen molar-refractivity contribution in [2.75, 3.05) is 0 Å². The Labute approximate surface area is 74.3 Å². The van der Waals surface area contributed by atoms with Gasteiger partial charge < -0.3 is 15.9 Å². The molecule has 0 rings (SSSR count). The van der Waals surface area contributed by atoms with Crippen molar-refractivity contribution in [3.63, 3.8) is 0 Å². The summed E-state index contributed by atoms with van der Waals surface area (Å²) in [5.41, 5.74) is 0. The van der Waals surface area contributed by atoms with Gasteiger partial charge in [-0.15, -0.1) is 20.2 Å². The topological polar surface area (TPSA) is 158 Å². The van der Waals surface area contributed by atoms with E-state index in [4.69, 9.17) is 30.6 Å². The summed E-state index contributed by atoms with van der Waals surface area (Å²) in [5.74, 6) is 0. The van der Waals surface area contributed by atoms with Crippen LogP contribution in [-0.2, 0) is 27.7 Å². The Hall–Kier alpha value is -0.705. The Morgan fingerprint density at radius 1 is 1.00 bits per heavy atom. The summed E-state index contributed by atoms with van der Waals surface area (Å²) in [6, 6.07) is 0. The van der Waals surface area contributed by atoms with Crippen molar-refractivity contribution in [1.82, 2.24) is 0 Å². The smallest absolute Gasteiger partial charge is 0.412 e. The molecule has 0 aromatic heterocycles. The molecule has 0 radical (unpaired) electrons. The summed E-state index contributed by atoms with van der Waals surface area (Å²) in [7, 11) is 0. The summed E-state index contributed by atoms with van der Waals surface area (Å²) in [4.78, 5) is 16.7. The summed E-state index contributed by atoms with van der Waals surface area (Å²) < 4.78 is 0. The summed E-state index contributed by atoms with van der Waals surface area (Å²) >= 11 is 0. The molecule has 0 spiro atoms. The Morgan fingerprint density at radius 2 is 1.00 bits per heavy atom. The molecule has 0 aliphatic heterocycles. The molecule has 0 fully saturated rings. The average molecular weight is 345 g/mol. The molecule has 4 N–H and O–H groups in total. The van der Waals surface area contributed by atoms with Crippen molar-refractivity contribution in [2.45, 2.75) is 0 Å². The van der Waals surface area contributed by atoms with Crippen LogP contribution in [0.1, 0.15) is 0 Å². The molecule has 0 aliphatic rings. The number of rotatable bonds is 0. The first kappa shape index (κ1) is 22.8. The second kappa shape index (κ2) is 15.7. The minimum Gasteiger partial charge on any atom is -0.412 e. The van der Waals surface area contributed by atoms with Crippen LogP contribution in [0.4, 0.5) is 0 Å². The Morgan fingerprint density at radius 3 is 1.00 bits per heavy atom. The maximum atomic E-state index is 8.36. The van der Waals surface area contributed by atoms with E-state index in [2.05, 4.69) is 0 Å². The average Bonchev–Trinajstić information content (AvgIpc) is 1.25. The van der Waals surface area contributed by atoms with E-state index in [0.29, 0.717) is 0 Å². The molecule has 0 aliphatic carbocycles. The van der Waals surface area contributed by atoms with E-state index >= 15 is 0 Å². The molecule has 0 aromatic carbocycles. The van der Waals surface area contributed by atoms with Gasteiger partial charge in [0.1, 0.15) is 0 Å². The molecule has 0 bridgehead atoms. The maximum absolute atomic E-state index is 8.36. The Kier molecular flexibility index (Phi) is 35.9. The predicted octanol–water partition coefficient (Wildman–Crippen LogP) is -1.52. The third-order valence-electron chi connectivity index (χ3n) is 0. The zero-order chi connectivity index (χ0) is 7.15. The molecular weight excluding hydrogens is 341 g/mol. The number of nitrogens with zero attached hydrogens (tertiary/aromatic N) is 2. The van der Waals surface area contributed by atoms with Gasteiger partial charge in [-0.25, -0.2) is 0 Å². The van der Waals surface area contributed by atoms with E-state index in [1.54, 1.807) is 0 Å². The van der Waals surface area contributed by atoms with E-state index in [9.17, 15) is 0 Å². The van der Waals surface area contributed by atoms with Crippen molar-refractivity contribution in [2.24, 2.45) is 0 Å². The molecular formula is H4HgN2O7+2. The summed E-state index contributed by atoms with van der Waals surface area (Å²) in [6.07, 6.45) is 0. The van der Waals surface area contributed by atoms with Crippen molar-refractivity contribution >= 4 is 0 Å². The van der Waals surface area contributed by atoms with Crippen molar-refractivity contribution in [3.8, 4) is 0 Å². The minimum absolute atomic E-state index is 0. The SMILES string of the molecule is O.O=[N+]([O-])O.O=[N+]([O-])O.[Hg+2]. The predicted molar refractivity (Wildman–Crippen MR) is 21.2 cm³/mol. The number of hydrogen-bond acceptors (Lipinski definition) is 4. The zero-order valence-corrected chi connectivity index (χ0v) is 10.1. The van der Waals surface area contributed by atoms with Crippen molar-refractivity contribution < 1.29 is 53.7 Å². The first-order valence-corrected chi connectivity index (χ1v) is 1.13. The molecule has 0 saturated carbocycles. The van der Waals surface area contributed by atoms with Crippen LogP contribution in [-0.4, -0.2) is 26.1 Å². The minimum atomic E-state index is -1.50.